The third kappa shape index (κ3) is 5.39. The second-order valence-corrected chi connectivity index (χ2v) is 9.59. The highest BCUT2D eigenvalue weighted by atomic mass is 16.6. The van der Waals surface area contributed by atoms with Crippen LogP contribution in [0.15, 0.2) is 48.9 Å². The second-order valence-electron chi connectivity index (χ2n) is 9.59. The number of nitrogens with zero attached hydrogens (tertiary/aromatic N) is 3. The van der Waals surface area contributed by atoms with Gasteiger partial charge in [-0.15, -0.1) is 0 Å². The predicted molar refractivity (Wildman–Crippen MR) is 123 cm³/mol. The van der Waals surface area contributed by atoms with Crippen molar-refractivity contribution in [3.8, 4) is 0 Å². The first kappa shape index (κ1) is 23.3. The smallest absolute Gasteiger partial charge is 0.343 e. The van der Waals surface area contributed by atoms with E-state index in [0.717, 1.165) is 25.7 Å². The van der Waals surface area contributed by atoms with Gasteiger partial charge in [-0.25, -0.2) is 14.8 Å². The summed E-state index contributed by atoms with van der Waals surface area (Å²) in [5.74, 6) is -0.283. The number of amides is 1. The number of carbonyl (C=O) groups is 2. The first-order chi connectivity index (χ1) is 15.9. The number of carbonyl (C=O) groups excluding carboxylic acids is 2. The maximum Gasteiger partial charge on any atom is 0.343 e. The van der Waals surface area contributed by atoms with E-state index in [1.807, 2.05) is 37.4 Å². The molecule has 2 aliphatic rings. The Morgan fingerprint density at radius 2 is 1.82 bits per heavy atom. The van der Waals surface area contributed by atoms with Crippen LogP contribution in [-0.4, -0.2) is 64.2 Å². The van der Waals surface area contributed by atoms with E-state index in [1.165, 1.54) is 6.33 Å². The molecule has 1 aliphatic carbocycles. The standard InChI is InChI=1S/C25H32N4O4/c1-29(17-23(30)28-22-11-14-26-18-27-22)15-12-21(13-16-29)33-24(31)25(32,20-9-5-6-10-20)19-7-3-2-4-8-19/h2-4,7-8,11,14,18,20-21,32H,5-6,9-10,12-13,15-17H2,1H3/p+1. The van der Waals surface area contributed by atoms with Crippen molar-refractivity contribution >= 4 is 17.7 Å². The zero-order valence-electron chi connectivity index (χ0n) is 19.2. The van der Waals surface area contributed by atoms with Crippen molar-refractivity contribution in [2.24, 2.45) is 5.92 Å². The summed E-state index contributed by atoms with van der Waals surface area (Å²) in [6, 6.07) is 10.8. The highest BCUT2D eigenvalue weighted by Crippen LogP contribution is 2.42. The molecule has 1 atom stereocenters. The molecule has 1 aromatic carbocycles. The van der Waals surface area contributed by atoms with Crippen LogP contribution in [-0.2, 0) is 19.9 Å². The Morgan fingerprint density at radius 3 is 2.45 bits per heavy atom. The minimum atomic E-state index is -1.61. The molecule has 0 bridgehead atoms. The number of piperidine rings is 1. The molecule has 0 radical (unpaired) electrons. The zero-order chi connectivity index (χ0) is 23.3. The van der Waals surface area contributed by atoms with Gasteiger partial charge in [0, 0.05) is 25.0 Å². The average Bonchev–Trinajstić information content (AvgIpc) is 3.37. The van der Waals surface area contributed by atoms with Crippen LogP contribution >= 0.6 is 0 Å². The van der Waals surface area contributed by atoms with Crippen LogP contribution in [0, 0.1) is 5.92 Å². The Morgan fingerprint density at radius 1 is 1.12 bits per heavy atom. The van der Waals surface area contributed by atoms with Crippen LogP contribution in [0.5, 0.6) is 0 Å². The lowest BCUT2D eigenvalue weighted by Crippen LogP contribution is -2.55. The molecule has 0 spiro atoms. The van der Waals surface area contributed by atoms with Crippen molar-refractivity contribution in [1.29, 1.82) is 0 Å². The molecular weight excluding hydrogens is 420 g/mol. The van der Waals surface area contributed by atoms with Gasteiger partial charge in [0.15, 0.2) is 12.1 Å². The molecule has 8 heteroatoms. The van der Waals surface area contributed by atoms with E-state index in [-0.39, 0.29) is 17.9 Å². The molecule has 2 fully saturated rings. The predicted octanol–water partition coefficient (Wildman–Crippen LogP) is 2.65. The monoisotopic (exact) mass is 453 g/mol. The number of benzene rings is 1. The Bertz CT molecular complexity index is 941. The third-order valence-corrected chi connectivity index (χ3v) is 7.10. The van der Waals surface area contributed by atoms with Gasteiger partial charge in [-0.2, -0.15) is 0 Å². The number of aliphatic hydroxyl groups is 1. The minimum Gasteiger partial charge on any atom is -0.460 e. The maximum atomic E-state index is 13.3. The highest BCUT2D eigenvalue weighted by molar-refractivity contribution is 5.90. The summed E-state index contributed by atoms with van der Waals surface area (Å²) >= 11 is 0. The second kappa shape index (κ2) is 9.97. The van der Waals surface area contributed by atoms with E-state index in [9.17, 15) is 14.7 Å². The van der Waals surface area contributed by atoms with Gasteiger partial charge >= 0.3 is 5.97 Å². The summed E-state index contributed by atoms with van der Waals surface area (Å²) in [6.07, 6.45) is 7.70. The van der Waals surface area contributed by atoms with Gasteiger partial charge in [0.05, 0.1) is 20.1 Å². The Hall–Kier alpha value is -2.84. The summed E-state index contributed by atoms with van der Waals surface area (Å²) in [5.41, 5.74) is -0.996. The van der Waals surface area contributed by atoms with E-state index in [4.69, 9.17) is 4.74 Å². The van der Waals surface area contributed by atoms with Crippen LogP contribution in [0.4, 0.5) is 5.82 Å². The molecule has 8 nitrogen and oxygen atoms in total. The third-order valence-electron chi connectivity index (χ3n) is 7.10. The number of aromatic nitrogens is 2. The van der Waals surface area contributed by atoms with Crippen molar-refractivity contribution in [3.63, 3.8) is 0 Å². The number of likely N-dealkylation sites (N-methyl/N-ethyl adjacent to an activating group) is 1. The SMILES string of the molecule is C[N+]1(CC(=O)Nc2ccncn2)CCC(OC(=O)C(O)(c2ccccc2)C2CCCC2)CC1. The summed E-state index contributed by atoms with van der Waals surface area (Å²) in [7, 11) is 2.04. The van der Waals surface area contributed by atoms with E-state index >= 15 is 0 Å². The topological polar surface area (TPSA) is 101 Å². The summed E-state index contributed by atoms with van der Waals surface area (Å²) < 4.78 is 6.47. The molecule has 1 amide bonds. The Labute approximate surface area is 194 Å². The van der Waals surface area contributed by atoms with Gasteiger partial charge in [0.2, 0.25) is 0 Å². The quantitative estimate of drug-likeness (QED) is 0.494. The lowest BCUT2D eigenvalue weighted by atomic mass is 9.80. The zero-order valence-corrected chi connectivity index (χ0v) is 19.2. The molecule has 2 aromatic rings. The first-order valence-electron chi connectivity index (χ1n) is 11.8. The largest absolute Gasteiger partial charge is 0.460 e. The minimum absolute atomic E-state index is 0.105. The molecule has 2 N–H and O–H groups in total. The number of hydrogen-bond acceptors (Lipinski definition) is 6. The van der Waals surface area contributed by atoms with Crippen LogP contribution in [0.3, 0.4) is 0 Å². The molecule has 176 valence electrons. The number of ether oxygens (including phenoxy) is 1. The molecule has 2 heterocycles. The van der Waals surface area contributed by atoms with Gasteiger partial charge in [0.1, 0.15) is 18.2 Å². The van der Waals surface area contributed by atoms with Gasteiger partial charge in [-0.3, -0.25) is 4.79 Å². The maximum absolute atomic E-state index is 13.3. The van der Waals surface area contributed by atoms with Crippen LogP contribution < -0.4 is 5.32 Å². The fourth-order valence-electron chi connectivity index (χ4n) is 5.13. The summed E-state index contributed by atoms with van der Waals surface area (Å²) in [5, 5.41) is 14.4. The van der Waals surface area contributed by atoms with Gasteiger partial charge in [-0.05, 0) is 24.5 Å². The van der Waals surface area contributed by atoms with Gasteiger partial charge < -0.3 is 19.6 Å². The van der Waals surface area contributed by atoms with Crippen molar-refractivity contribution in [1.82, 2.24) is 9.97 Å². The number of nitrogens with one attached hydrogen (secondary N) is 1. The number of rotatable bonds is 7. The molecule has 1 saturated heterocycles. The number of likely N-dealkylation sites (tertiary alicyclic amines) is 1. The molecule has 1 aromatic heterocycles. The van der Waals surface area contributed by atoms with E-state index in [0.29, 0.717) is 48.3 Å². The fraction of sp³-hybridized carbons (Fsp3) is 0.520. The van der Waals surface area contributed by atoms with Crippen molar-refractivity contribution in [2.75, 3.05) is 32.0 Å². The number of quaternary nitrogens is 1. The lowest BCUT2D eigenvalue weighted by Gasteiger charge is -2.40. The van der Waals surface area contributed by atoms with Crippen LogP contribution in [0.25, 0.3) is 0 Å². The fourth-order valence-corrected chi connectivity index (χ4v) is 5.13. The molecule has 1 unspecified atom stereocenters. The number of esters is 1. The van der Waals surface area contributed by atoms with Crippen LogP contribution in [0.1, 0.15) is 44.1 Å². The van der Waals surface area contributed by atoms with E-state index in [2.05, 4.69) is 15.3 Å². The molecule has 33 heavy (non-hydrogen) atoms. The number of hydrogen-bond donors (Lipinski definition) is 2. The van der Waals surface area contributed by atoms with Gasteiger partial charge in [0.25, 0.3) is 5.91 Å². The van der Waals surface area contributed by atoms with Crippen LogP contribution in [0.2, 0.25) is 0 Å². The average molecular weight is 454 g/mol. The molecule has 1 aliphatic heterocycles. The summed E-state index contributed by atoms with van der Waals surface area (Å²) in [6.45, 7) is 1.74. The van der Waals surface area contributed by atoms with E-state index in [1.54, 1.807) is 12.3 Å². The normalized spacial score (nSPS) is 25.2. The Kier molecular flexibility index (Phi) is 7.05. The summed E-state index contributed by atoms with van der Waals surface area (Å²) in [4.78, 5) is 33.7. The lowest BCUT2D eigenvalue weighted by molar-refractivity contribution is -0.907. The molecule has 1 saturated carbocycles. The molecular formula is C25H33N4O4+. The van der Waals surface area contributed by atoms with Crippen molar-refractivity contribution < 1.29 is 23.9 Å². The van der Waals surface area contributed by atoms with E-state index < -0.39 is 11.6 Å². The number of anilines is 1. The first-order valence-corrected chi connectivity index (χ1v) is 11.8. The Balaban J connectivity index is 1.35. The van der Waals surface area contributed by atoms with Crippen molar-refractivity contribution in [3.05, 3.63) is 54.5 Å². The molecule has 4 rings (SSSR count). The highest BCUT2D eigenvalue weighted by Gasteiger charge is 2.49. The van der Waals surface area contributed by atoms with Gasteiger partial charge in [-0.1, -0.05) is 43.2 Å². The van der Waals surface area contributed by atoms with Crippen molar-refractivity contribution in [2.45, 2.75) is 50.2 Å².